The van der Waals surface area contributed by atoms with Gasteiger partial charge in [-0.25, -0.2) is 0 Å². The quantitative estimate of drug-likeness (QED) is 0.0492. The van der Waals surface area contributed by atoms with Gasteiger partial charge < -0.3 is 61.6 Å². The van der Waals surface area contributed by atoms with Crippen LogP contribution >= 0.6 is 15.9 Å². The SMILES string of the molecule is CCCCCCCCCC(=O)OCCOCCOCCOCCOCCOCCOCCOCCOCCOCCOCCOCCOCCBr. The lowest BCUT2D eigenvalue weighted by Crippen LogP contribution is -2.15. The molecule has 14 nitrogen and oxygen atoms in total. The van der Waals surface area contributed by atoms with Gasteiger partial charge in [-0.05, 0) is 6.42 Å². The van der Waals surface area contributed by atoms with Crippen molar-refractivity contribution in [2.45, 2.75) is 58.3 Å². The zero-order valence-corrected chi connectivity index (χ0v) is 33.2. The summed E-state index contributed by atoms with van der Waals surface area (Å²) >= 11 is 3.30. The minimum Gasteiger partial charge on any atom is -0.463 e. The highest BCUT2D eigenvalue weighted by molar-refractivity contribution is 9.09. The molecule has 0 amide bonds. The Morgan fingerprint density at radius 3 is 0.843 bits per heavy atom. The largest absolute Gasteiger partial charge is 0.463 e. The van der Waals surface area contributed by atoms with E-state index < -0.39 is 0 Å². The normalized spacial score (nSPS) is 11.5. The first-order chi connectivity index (χ1) is 25.3. The van der Waals surface area contributed by atoms with Crippen LogP contribution in [0.1, 0.15) is 58.3 Å². The standard InChI is InChI=1S/C36H71BrO14/c1-2-3-4-5-6-7-8-9-36(38)51-35-34-50-33-32-49-31-30-48-29-28-47-27-26-46-25-24-45-23-22-44-21-20-43-19-18-42-17-16-41-15-14-40-13-12-39-11-10-37/h2-35H2,1H3. The molecule has 0 atom stereocenters. The Morgan fingerprint density at radius 1 is 0.333 bits per heavy atom. The second-order valence-electron chi connectivity index (χ2n) is 11.1. The lowest BCUT2D eigenvalue weighted by Gasteiger charge is -2.09. The molecule has 0 saturated heterocycles. The second-order valence-corrected chi connectivity index (χ2v) is 11.9. The Morgan fingerprint density at radius 2 is 0.569 bits per heavy atom. The summed E-state index contributed by atoms with van der Waals surface area (Å²) in [5, 5.41) is 0.835. The fourth-order valence-corrected chi connectivity index (χ4v) is 4.32. The lowest BCUT2D eigenvalue weighted by atomic mass is 10.1. The lowest BCUT2D eigenvalue weighted by molar-refractivity contribution is -0.145. The Balaban J connectivity index is 3.09. The molecule has 0 aliphatic carbocycles. The number of alkyl halides is 1. The Hall–Kier alpha value is -0.530. The molecule has 0 fully saturated rings. The van der Waals surface area contributed by atoms with E-state index in [1.807, 2.05) is 0 Å². The van der Waals surface area contributed by atoms with E-state index >= 15 is 0 Å². The van der Waals surface area contributed by atoms with Gasteiger partial charge in [-0.2, -0.15) is 0 Å². The van der Waals surface area contributed by atoms with Gasteiger partial charge in [0, 0.05) is 11.8 Å². The molecule has 0 saturated carbocycles. The molecule has 0 aromatic heterocycles. The van der Waals surface area contributed by atoms with E-state index in [4.69, 9.17) is 61.6 Å². The summed E-state index contributed by atoms with van der Waals surface area (Å²) in [6, 6.07) is 0. The van der Waals surface area contributed by atoms with Crippen molar-refractivity contribution in [3.8, 4) is 0 Å². The van der Waals surface area contributed by atoms with Crippen molar-refractivity contribution in [1.29, 1.82) is 0 Å². The fraction of sp³-hybridized carbons (Fsp3) is 0.972. The fourth-order valence-electron chi connectivity index (χ4n) is 4.09. The predicted molar refractivity (Wildman–Crippen MR) is 197 cm³/mol. The zero-order valence-electron chi connectivity index (χ0n) is 31.6. The molecule has 0 aliphatic rings. The summed E-state index contributed by atoms with van der Waals surface area (Å²) in [6.45, 7) is 14.8. The number of rotatable bonds is 46. The Labute approximate surface area is 316 Å². The first kappa shape index (κ1) is 50.5. The van der Waals surface area contributed by atoms with E-state index in [1.165, 1.54) is 32.1 Å². The number of ether oxygens (including phenoxy) is 13. The summed E-state index contributed by atoms with van der Waals surface area (Å²) in [5.41, 5.74) is 0. The van der Waals surface area contributed by atoms with E-state index in [-0.39, 0.29) is 12.6 Å². The molecule has 0 N–H and O–H groups in total. The van der Waals surface area contributed by atoms with Crippen molar-refractivity contribution in [1.82, 2.24) is 0 Å². The summed E-state index contributed by atoms with van der Waals surface area (Å²) in [7, 11) is 0. The first-order valence-corrected chi connectivity index (χ1v) is 20.1. The molecule has 0 radical (unpaired) electrons. The molecule has 0 heterocycles. The number of carbonyl (C=O) groups excluding carboxylic acids is 1. The topological polar surface area (TPSA) is 137 Å². The average Bonchev–Trinajstić information content (AvgIpc) is 3.14. The van der Waals surface area contributed by atoms with Crippen molar-refractivity contribution in [3.63, 3.8) is 0 Å². The third kappa shape index (κ3) is 47.4. The molecule has 51 heavy (non-hydrogen) atoms. The van der Waals surface area contributed by atoms with Crippen LogP contribution in [0, 0.1) is 0 Å². The molecule has 0 aromatic rings. The van der Waals surface area contributed by atoms with Crippen LogP contribution in [-0.2, 0) is 66.4 Å². The monoisotopic (exact) mass is 806 g/mol. The summed E-state index contributed by atoms with van der Waals surface area (Å²) in [4.78, 5) is 11.7. The summed E-state index contributed by atoms with van der Waals surface area (Å²) in [6.07, 6.45) is 8.79. The Kier molecular flexibility index (Phi) is 47.0. The molecular weight excluding hydrogens is 736 g/mol. The van der Waals surface area contributed by atoms with E-state index in [9.17, 15) is 4.79 Å². The van der Waals surface area contributed by atoms with Gasteiger partial charge in [0.2, 0.25) is 0 Å². The molecule has 0 aromatic carbocycles. The van der Waals surface area contributed by atoms with Crippen molar-refractivity contribution in [2.24, 2.45) is 0 Å². The highest BCUT2D eigenvalue weighted by atomic mass is 79.9. The van der Waals surface area contributed by atoms with E-state index in [2.05, 4.69) is 22.9 Å². The molecular formula is C36H71BrO14. The number of hydrogen-bond donors (Lipinski definition) is 0. The van der Waals surface area contributed by atoms with E-state index in [0.717, 1.165) is 18.2 Å². The minimum absolute atomic E-state index is 0.141. The third-order valence-corrected chi connectivity index (χ3v) is 7.11. The number of unbranched alkanes of at least 4 members (excludes halogenated alkanes) is 6. The highest BCUT2D eigenvalue weighted by Gasteiger charge is 2.03. The van der Waals surface area contributed by atoms with Gasteiger partial charge in [0.25, 0.3) is 0 Å². The molecule has 306 valence electrons. The van der Waals surface area contributed by atoms with Crippen LogP contribution in [0.2, 0.25) is 0 Å². The third-order valence-electron chi connectivity index (χ3n) is 6.79. The van der Waals surface area contributed by atoms with Gasteiger partial charge in [0.15, 0.2) is 0 Å². The van der Waals surface area contributed by atoms with Crippen molar-refractivity contribution in [2.75, 3.05) is 171 Å². The van der Waals surface area contributed by atoms with E-state index in [1.54, 1.807) is 0 Å². The summed E-state index contributed by atoms with van der Waals surface area (Å²) < 4.78 is 70.6. The van der Waals surface area contributed by atoms with Crippen LogP contribution < -0.4 is 0 Å². The van der Waals surface area contributed by atoms with Gasteiger partial charge in [-0.15, -0.1) is 0 Å². The minimum atomic E-state index is -0.141. The van der Waals surface area contributed by atoms with Crippen LogP contribution in [0.15, 0.2) is 0 Å². The van der Waals surface area contributed by atoms with E-state index in [0.29, 0.717) is 165 Å². The molecule has 0 rings (SSSR count). The van der Waals surface area contributed by atoms with Crippen LogP contribution in [0.25, 0.3) is 0 Å². The maximum absolute atomic E-state index is 11.7. The van der Waals surface area contributed by atoms with Gasteiger partial charge in [-0.1, -0.05) is 61.4 Å². The van der Waals surface area contributed by atoms with Crippen LogP contribution in [-0.4, -0.2) is 176 Å². The maximum Gasteiger partial charge on any atom is 0.305 e. The smallest absolute Gasteiger partial charge is 0.305 e. The van der Waals surface area contributed by atoms with Gasteiger partial charge in [0.05, 0.1) is 159 Å². The van der Waals surface area contributed by atoms with Crippen molar-refractivity contribution >= 4 is 21.9 Å². The molecule has 0 spiro atoms. The molecule has 15 heteroatoms. The molecule has 0 unspecified atom stereocenters. The van der Waals surface area contributed by atoms with Gasteiger partial charge in [0.1, 0.15) is 6.61 Å². The van der Waals surface area contributed by atoms with Gasteiger partial charge >= 0.3 is 5.97 Å². The number of halogens is 1. The van der Waals surface area contributed by atoms with Crippen molar-refractivity contribution < 1.29 is 66.4 Å². The van der Waals surface area contributed by atoms with Gasteiger partial charge in [-0.3, -0.25) is 4.79 Å². The highest BCUT2D eigenvalue weighted by Crippen LogP contribution is 2.08. The number of hydrogen-bond acceptors (Lipinski definition) is 14. The van der Waals surface area contributed by atoms with Crippen LogP contribution in [0.5, 0.6) is 0 Å². The van der Waals surface area contributed by atoms with Crippen LogP contribution in [0.3, 0.4) is 0 Å². The van der Waals surface area contributed by atoms with Crippen LogP contribution in [0.4, 0.5) is 0 Å². The Bertz CT molecular complexity index is 653. The zero-order chi connectivity index (χ0) is 36.8. The second kappa shape index (κ2) is 47.5. The van der Waals surface area contributed by atoms with Crippen molar-refractivity contribution in [3.05, 3.63) is 0 Å². The number of carbonyl (C=O) groups is 1. The maximum atomic E-state index is 11.7. The average molecular weight is 808 g/mol. The first-order valence-electron chi connectivity index (χ1n) is 19.0. The summed E-state index contributed by atoms with van der Waals surface area (Å²) in [5.74, 6) is -0.141. The molecule has 0 aliphatic heterocycles. The number of esters is 1. The molecule has 0 bridgehead atoms. The predicted octanol–water partition coefficient (Wildman–Crippen LogP) is 4.26.